The highest BCUT2D eigenvalue weighted by molar-refractivity contribution is 8.00. The van der Waals surface area contributed by atoms with Crippen LogP contribution in [0.15, 0.2) is 12.4 Å². The Hall–Kier alpha value is -0.480. The van der Waals surface area contributed by atoms with E-state index >= 15 is 0 Å². The minimum Gasteiger partial charge on any atom is -0.353 e. The van der Waals surface area contributed by atoms with Crippen molar-refractivity contribution in [1.82, 2.24) is 9.97 Å². The van der Waals surface area contributed by atoms with Gasteiger partial charge in [-0.25, -0.2) is 9.97 Å². The van der Waals surface area contributed by atoms with Crippen molar-refractivity contribution in [2.24, 2.45) is 0 Å². The number of anilines is 1. The second-order valence-electron chi connectivity index (χ2n) is 3.67. The number of nitrogens with one attached hydrogen (secondary N) is 1. The molecule has 0 aliphatic carbocycles. The van der Waals surface area contributed by atoms with Crippen molar-refractivity contribution < 1.29 is 0 Å². The zero-order valence-corrected chi connectivity index (χ0v) is 11.5. The van der Waals surface area contributed by atoms with Gasteiger partial charge >= 0.3 is 0 Å². The van der Waals surface area contributed by atoms with Gasteiger partial charge in [-0.15, -0.1) is 0 Å². The number of nitrogens with zero attached hydrogens (tertiary/aromatic N) is 2. The Kier molecular flexibility index (Phi) is 5.35. The zero-order valence-electron chi connectivity index (χ0n) is 9.96. The molecule has 0 aliphatic rings. The topological polar surface area (TPSA) is 37.8 Å². The molecule has 1 rings (SSSR count). The highest BCUT2D eigenvalue weighted by Crippen LogP contribution is 2.30. The van der Waals surface area contributed by atoms with E-state index in [0.717, 1.165) is 19.4 Å². The molecule has 1 aromatic heterocycles. The summed E-state index contributed by atoms with van der Waals surface area (Å²) in [5, 5.41) is 3.83. The van der Waals surface area contributed by atoms with Crippen LogP contribution in [0.25, 0.3) is 0 Å². The minimum atomic E-state index is 0.267. The van der Waals surface area contributed by atoms with Crippen LogP contribution in [0.5, 0.6) is 0 Å². The average Bonchev–Trinajstić information content (AvgIpc) is 2.34. The number of rotatable bonds is 6. The van der Waals surface area contributed by atoms with Crippen LogP contribution < -0.4 is 5.32 Å². The maximum absolute atomic E-state index is 5.73. The molecule has 0 atom stereocenters. The lowest BCUT2D eigenvalue weighted by atomic mass is 10.0. The second kappa shape index (κ2) is 6.30. The maximum Gasteiger partial charge on any atom is 0.222 e. The first-order valence-corrected chi connectivity index (χ1v) is 7.02. The van der Waals surface area contributed by atoms with Crippen LogP contribution in [-0.4, -0.2) is 27.5 Å². The van der Waals surface area contributed by atoms with Gasteiger partial charge in [0.25, 0.3) is 0 Å². The van der Waals surface area contributed by atoms with E-state index in [4.69, 9.17) is 11.6 Å². The quantitative estimate of drug-likeness (QED) is 0.849. The van der Waals surface area contributed by atoms with E-state index < -0.39 is 0 Å². The summed E-state index contributed by atoms with van der Waals surface area (Å²) in [4.78, 5) is 8.24. The van der Waals surface area contributed by atoms with Crippen LogP contribution in [0.2, 0.25) is 5.02 Å². The molecule has 0 saturated carbocycles. The van der Waals surface area contributed by atoms with Crippen molar-refractivity contribution in [1.29, 1.82) is 0 Å². The highest BCUT2D eigenvalue weighted by Gasteiger charge is 2.24. The van der Waals surface area contributed by atoms with Crippen LogP contribution in [0.3, 0.4) is 0 Å². The van der Waals surface area contributed by atoms with E-state index in [2.05, 4.69) is 35.4 Å². The SMILES string of the molecule is CCC(CC)(CNc1ncc(Cl)cn1)SC. The van der Waals surface area contributed by atoms with E-state index in [1.54, 1.807) is 12.4 Å². The van der Waals surface area contributed by atoms with E-state index in [-0.39, 0.29) is 4.75 Å². The minimum absolute atomic E-state index is 0.267. The fraction of sp³-hybridized carbons (Fsp3) is 0.636. The molecular weight excluding hydrogens is 242 g/mol. The van der Waals surface area contributed by atoms with Crippen LogP contribution in [0.1, 0.15) is 26.7 Å². The summed E-state index contributed by atoms with van der Waals surface area (Å²) >= 11 is 7.62. The van der Waals surface area contributed by atoms with Gasteiger partial charge < -0.3 is 5.32 Å². The number of halogens is 1. The number of hydrogen-bond acceptors (Lipinski definition) is 4. The van der Waals surface area contributed by atoms with Gasteiger partial charge in [0.15, 0.2) is 0 Å². The summed E-state index contributed by atoms with van der Waals surface area (Å²) in [6, 6.07) is 0. The number of aromatic nitrogens is 2. The van der Waals surface area contributed by atoms with Crippen molar-refractivity contribution in [2.45, 2.75) is 31.4 Å². The summed E-state index contributed by atoms with van der Waals surface area (Å²) < 4.78 is 0.267. The summed E-state index contributed by atoms with van der Waals surface area (Å²) in [5.74, 6) is 0.643. The van der Waals surface area contributed by atoms with Gasteiger partial charge in [0.1, 0.15) is 0 Å². The molecule has 1 N–H and O–H groups in total. The molecule has 0 spiro atoms. The normalized spacial score (nSPS) is 11.5. The fourth-order valence-electron chi connectivity index (χ4n) is 1.50. The Morgan fingerprint density at radius 3 is 2.31 bits per heavy atom. The predicted octanol–water partition coefficient (Wildman–Crippen LogP) is 3.46. The molecule has 1 aromatic rings. The summed E-state index contributed by atoms with van der Waals surface area (Å²) in [6.45, 7) is 5.30. The van der Waals surface area contributed by atoms with Gasteiger partial charge in [0.2, 0.25) is 5.95 Å². The Balaban J connectivity index is 2.58. The summed E-state index contributed by atoms with van der Waals surface area (Å²) in [7, 11) is 0. The highest BCUT2D eigenvalue weighted by atomic mass is 35.5. The van der Waals surface area contributed by atoms with Crippen molar-refractivity contribution in [3.63, 3.8) is 0 Å². The molecular formula is C11H18ClN3S. The molecule has 0 amide bonds. The fourth-order valence-corrected chi connectivity index (χ4v) is 2.40. The number of thioether (sulfide) groups is 1. The Morgan fingerprint density at radius 2 is 1.88 bits per heavy atom. The maximum atomic E-state index is 5.73. The van der Waals surface area contributed by atoms with Crippen molar-refractivity contribution in [2.75, 3.05) is 18.1 Å². The number of hydrogen-bond donors (Lipinski definition) is 1. The third kappa shape index (κ3) is 3.52. The van der Waals surface area contributed by atoms with Crippen molar-refractivity contribution in [3.05, 3.63) is 17.4 Å². The molecule has 0 saturated heterocycles. The third-order valence-electron chi connectivity index (χ3n) is 2.91. The molecule has 16 heavy (non-hydrogen) atoms. The first kappa shape index (κ1) is 13.6. The second-order valence-corrected chi connectivity index (χ2v) is 5.38. The predicted molar refractivity (Wildman–Crippen MR) is 72.4 cm³/mol. The first-order chi connectivity index (χ1) is 7.65. The lowest BCUT2D eigenvalue weighted by Gasteiger charge is -2.29. The van der Waals surface area contributed by atoms with Crippen LogP contribution >= 0.6 is 23.4 Å². The summed E-state index contributed by atoms with van der Waals surface area (Å²) in [5.41, 5.74) is 0. The lowest BCUT2D eigenvalue weighted by Crippen LogP contribution is -2.32. The average molecular weight is 260 g/mol. The molecule has 0 bridgehead atoms. The monoisotopic (exact) mass is 259 g/mol. The first-order valence-electron chi connectivity index (χ1n) is 5.42. The summed E-state index contributed by atoms with van der Waals surface area (Å²) in [6.07, 6.45) is 7.62. The van der Waals surface area contributed by atoms with E-state index in [1.807, 2.05) is 11.8 Å². The molecule has 90 valence electrons. The molecule has 0 aromatic carbocycles. The van der Waals surface area contributed by atoms with Crippen LogP contribution in [0.4, 0.5) is 5.95 Å². The Morgan fingerprint density at radius 1 is 1.31 bits per heavy atom. The Labute approximate surface area is 106 Å². The molecule has 0 radical (unpaired) electrons. The third-order valence-corrected chi connectivity index (χ3v) is 4.69. The van der Waals surface area contributed by atoms with Gasteiger partial charge in [-0.1, -0.05) is 25.4 Å². The van der Waals surface area contributed by atoms with E-state index in [0.29, 0.717) is 11.0 Å². The molecule has 0 aliphatic heterocycles. The molecule has 0 unspecified atom stereocenters. The van der Waals surface area contributed by atoms with Crippen LogP contribution in [-0.2, 0) is 0 Å². The lowest BCUT2D eigenvalue weighted by molar-refractivity contribution is 0.573. The van der Waals surface area contributed by atoms with Gasteiger partial charge in [0, 0.05) is 11.3 Å². The van der Waals surface area contributed by atoms with Gasteiger partial charge in [0.05, 0.1) is 17.4 Å². The van der Waals surface area contributed by atoms with E-state index in [9.17, 15) is 0 Å². The largest absolute Gasteiger partial charge is 0.353 e. The van der Waals surface area contributed by atoms with Crippen LogP contribution in [0, 0.1) is 0 Å². The molecule has 5 heteroatoms. The zero-order chi connectivity index (χ0) is 12.0. The van der Waals surface area contributed by atoms with Gasteiger partial charge in [-0.05, 0) is 19.1 Å². The molecule has 1 heterocycles. The van der Waals surface area contributed by atoms with Crippen molar-refractivity contribution in [3.8, 4) is 0 Å². The molecule has 0 fully saturated rings. The van der Waals surface area contributed by atoms with E-state index in [1.165, 1.54) is 0 Å². The molecule has 3 nitrogen and oxygen atoms in total. The smallest absolute Gasteiger partial charge is 0.222 e. The standard InChI is InChI=1S/C11H18ClN3S/c1-4-11(5-2,16-3)8-15-10-13-6-9(12)7-14-10/h6-7H,4-5,8H2,1-3H3,(H,13,14,15). The van der Waals surface area contributed by atoms with Gasteiger partial charge in [-0.2, -0.15) is 11.8 Å². The van der Waals surface area contributed by atoms with Crippen molar-refractivity contribution >= 4 is 29.3 Å². The Bertz CT molecular complexity index is 303. The van der Waals surface area contributed by atoms with Gasteiger partial charge in [-0.3, -0.25) is 0 Å².